The molecule has 164 valence electrons. The van der Waals surface area contributed by atoms with E-state index in [0.717, 1.165) is 19.5 Å². The molecule has 3 N–H and O–H groups in total. The molecule has 0 aliphatic carbocycles. The second-order valence-corrected chi connectivity index (χ2v) is 9.27. The Balaban J connectivity index is 1.25. The fourth-order valence-electron chi connectivity index (χ4n) is 3.96. The summed E-state index contributed by atoms with van der Waals surface area (Å²) < 4.78 is 13.2. The van der Waals surface area contributed by atoms with E-state index in [0.29, 0.717) is 12.2 Å². The molecular weight excluding hydrogens is 439 g/mol. The molecule has 2 aliphatic heterocycles. The number of nitrogens with zero attached hydrogens (tertiary/aromatic N) is 1. The van der Waals surface area contributed by atoms with Crippen molar-refractivity contribution < 1.29 is 14.0 Å². The van der Waals surface area contributed by atoms with Crippen molar-refractivity contribution in [1.29, 1.82) is 0 Å². The fourth-order valence-corrected chi connectivity index (χ4v) is 5.00. The minimum atomic E-state index is -0.535. The number of hydrogen-bond acceptors (Lipinski definition) is 5. The zero-order valence-corrected chi connectivity index (χ0v) is 18.4. The van der Waals surface area contributed by atoms with E-state index in [1.165, 1.54) is 35.5 Å². The van der Waals surface area contributed by atoms with Gasteiger partial charge in [-0.15, -0.1) is 11.8 Å². The molecule has 2 saturated heterocycles. The molecule has 2 fully saturated rings. The van der Waals surface area contributed by atoms with E-state index in [2.05, 4.69) is 33.0 Å². The van der Waals surface area contributed by atoms with Gasteiger partial charge in [-0.1, -0.05) is 41.9 Å². The number of hydrogen-bond donors (Lipinski definition) is 3. The SMILES string of the molecule is O=C(CSC1NC(=O)C2CN(Cc3ccccc3)CCC2N1)Nc1ccc(F)c(Cl)c1. The molecule has 2 aromatic rings. The van der Waals surface area contributed by atoms with Crippen LogP contribution < -0.4 is 16.0 Å². The standard InChI is InChI=1S/C22H24ClFN4O2S/c23-17-10-15(6-7-18(17)24)25-20(29)13-31-22-26-19-8-9-28(12-16(19)21(30)27-22)11-14-4-2-1-3-5-14/h1-7,10,16,19,22,26H,8-9,11-13H2,(H,25,29)(H,27,30). The highest BCUT2D eigenvalue weighted by atomic mass is 35.5. The van der Waals surface area contributed by atoms with Gasteiger partial charge in [0.1, 0.15) is 11.3 Å². The molecule has 2 aliphatic rings. The van der Waals surface area contributed by atoms with E-state index in [-0.39, 0.29) is 40.0 Å². The van der Waals surface area contributed by atoms with E-state index in [1.54, 1.807) is 0 Å². The third-order valence-corrected chi connectivity index (χ3v) is 6.81. The Labute approximate surface area is 189 Å². The van der Waals surface area contributed by atoms with Crippen LogP contribution >= 0.6 is 23.4 Å². The van der Waals surface area contributed by atoms with Crippen molar-refractivity contribution in [3.8, 4) is 0 Å². The summed E-state index contributed by atoms with van der Waals surface area (Å²) in [5.41, 5.74) is 1.35. The number of halogens is 2. The second-order valence-electron chi connectivity index (χ2n) is 7.77. The molecule has 6 nitrogen and oxygen atoms in total. The van der Waals surface area contributed by atoms with Crippen LogP contribution in [0.1, 0.15) is 12.0 Å². The molecule has 0 spiro atoms. The smallest absolute Gasteiger partial charge is 0.234 e. The number of rotatable bonds is 6. The van der Waals surface area contributed by atoms with Crippen LogP contribution in [0, 0.1) is 11.7 Å². The minimum absolute atomic E-state index is 0.0183. The number of fused-ring (bicyclic) bond motifs is 1. The third-order valence-electron chi connectivity index (χ3n) is 5.51. The maximum Gasteiger partial charge on any atom is 0.234 e. The Morgan fingerprint density at radius 1 is 1.26 bits per heavy atom. The monoisotopic (exact) mass is 462 g/mol. The topological polar surface area (TPSA) is 73.5 Å². The fraction of sp³-hybridized carbons (Fsp3) is 0.364. The lowest BCUT2D eigenvalue weighted by Crippen LogP contribution is -2.64. The third kappa shape index (κ3) is 5.77. The van der Waals surface area contributed by atoms with Gasteiger partial charge in [0.15, 0.2) is 0 Å². The number of carbonyl (C=O) groups excluding carboxylic acids is 2. The molecule has 3 atom stereocenters. The van der Waals surface area contributed by atoms with Crippen LogP contribution in [0.4, 0.5) is 10.1 Å². The molecule has 2 heterocycles. The molecule has 0 saturated carbocycles. The van der Waals surface area contributed by atoms with Crippen LogP contribution in [-0.4, -0.2) is 47.1 Å². The molecule has 2 aromatic carbocycles. The van der Waals surface area contributed by atoms with Gasteiger partial charge in [-0.3, -0.25) is 19.8 Å². The normalized spacial score (nSPS) is 23.7. The summed E-state index contributed by atoms with van der Waals surface area (Å²) in [7, 11) is 0. The second kappa shape index (κ2) is 9.99. The summed E-state index contributed by atoms with van der Waals surface area (Å²) in [6.45, 7) is 2.46. The van der Waals surface area contributed by atoms with Crippen LogP contribution in [0.2, 0.25) is 5.02 Å². The first kappa shape index (κ1) is 22.1. The van der Waals surface area contributed by atoms with Crippen molar-refractivity contribution in [2.24, 2.45) is 5.92 Å². The number of nitrogens with one attached hydrogen (secondary N) is 3. The van der Waals surface area contributed by atoms with Gasteiger partial charge in [0, 0.05) is 31.4 Å². The highest BCUT2D eigenvalue weighted by Gasteiger charge is 2.39. The lowest BCUT2D eigenvalue weighted by Gasteiger charge is -2.43. The van der Waals surface area contributed by atoms with Crippen molar-refractivity contribution in [2.45, 2.75) is 24.5 Å². The molecule has 0 bridgehead atoms. The van der Waals surface area contributed by atoms with E-state index in [4.69, 9.17) is 11.6 Å². The van der Waals surface area contributed by atoms with Crippen molar-refractivity contribution >= 4 is 40.9 Å². The zero-order chi connectivity index (χ0) is 21.8. The number of anilines is 1. The van der Waals surface area contributed by atoms with Gasteiger partial charge in [0.05, 0.1) is 16.7 Å². The molecule has 0 aromatic heterocycles. The van der Waals surface area contributed by atoms with Gasteiger partial charge in [0.2, 0.25) is 11.8 Å². The molecule has 9 heteroatoms. The molecule has 31 heavy (non-hydrogen) atoms. The van der Waals surface area contributed by atoms with Crippen molar-refractivity contribution in [3.63, 3.8) is 0 Å². The molecule has 2 amide bonds. The number of thioether (sulfide) groups is 1. The van der Waals surface area contributed by atoms with Gasteiger partial charge >= 0.3 is 0 Å². The Hall–Kier alpha value is -2.13. The van der Waals surface area contributed by atoms with Gasteiger partial charge in [-0.05, 0) is 30.2 Å². The van der Waals surface area contributed by atoms with Crippen molar-refractivity contribution in [2.75, 3.05) is 24.2 Å². The first-order valence-corrected chi connectivity index (χ1v) is 11.6. The Bertz CT molecular complexity index is 948. The van der Waals surface area contributed by atoms with Gasteiger partial charge in [-0.25, -0.2) is 4.39 Å². The molecular formula is C22H24ClFN4O2S. The number of amides is 2. The number of piperidine rings is 1. The van der Waals surface area contributed by atoms with Crippen LogP contribution in [0.25, 0.3) is 0 Å². The first-order valence-electron chi connectivity index (χ1n) is 10.2. The number of benzene rings is 2. The summed E-state index contributed by atoms with van der Waals surface area (Å²) in [4.78, 5) is 27.2. The van der Waals surface area contributed by atoms with Crippen LogP contribution in [0.5, 0.6) is 0 Å². The van der Waals surface area contributed by atoms with Crippen molar-refractivity contribution in [1.82, 2.24) is 15.5 Å². The van der Waals surface area contributed by atoms with Crippen molar-refractivity contribution in [3.05, 3.63) is 64.9 Å². The van der Waals surface area contributed by atoms with E-state index >= 15 is 0 Å². The van der Waals surface area contributed by atoms with Crippen LogP contribution in [0.15, 0.2) is 48.5 Å². The van der Waals surface area contributed by atoms with Gasteiger partial charge in [-0.2, -0.15) is 0 Å². The van der Waals surface area contributed by atoms with E-state index in [9.17, 15) is 14.0 Å². The first-order chi connectivity index (χ1) is 15.0. The quantitative estimate of drug-likeness (QED) is 0.615. The average molecular weight is 463 g/mol. The summed E-state index contributed by atoms with van der Waals surface area (Å²) in [5.74, 6) is -0.727. The predicted octanol–water partition coefficient (Wildman–Crippen LogP) is 3.04. The summed E-state index contributed by atoms with van der Waals surface area (Å²) >= 11 is 7.06. The average Bonchev–Trinajstić information content (AvgIpc) is 2.76. The van der Waals surface area contributed by atoms with E-state index in [1.807, 2.05) is 18.2 Å². The zero-order valence-electron chi connectivity index (χ0n) is 16.8. The molecule has 4 rings (SSSR count). The Kier molecular flexibility index (Phi) is 7.12. The van der Waals surface area contributed by atoms with E-state index < -0.39 is 5.82 Å². The summed E-state index contributed by atoms with van der Waals surface area (Å²) in [6, 6.07) is 14.4. The Morgan fingerprint density at radius 3 is 2.84 bits per heavy atom. The van der Waals surface area contributed by atoms with Gasteiger partial charge < -0.3 is 10.6 Å². The lowest BCUT2D eigenvalue weighted by atomic mass is 9.89. The molecule has 3 unspecified atom stereocenters. The maximum atomic E-state index is 13.2. The predicted molar refractivity (Wildman–Crippen MR) is 121 cm³/mol. The lowest BCUT2D eigenvalue weighted by molar-refractivity contribution is -0.130. The maximum absolute atomic E-state index is 13.2. The number of carbonyl (C=O) groups is 2. The van der Waals surface area contributed by atoms with Gasteiger partial charge in [0.25, 0.3) is 0 Å². The highest BCUT2D eigenvalue weighted by Crippen LogP contribution is 2.25. The summed E-state index contributed by atoms with van der Waals surface area (Å²) in [5, 5.41) is 9.07. The summed E-state index contributed by atoms with van der Waals surface area (Å²) in [6.07, 6.45) is 0.877. The largest absolute Gasteiger partial charge is 0.331 e. The minimum Gasteiger partial charge on any atom is -0.331 e. The number of likely N-dealkylation sites (tertiary alicyclic amines) is 1. The Morgan fingerprint density at radius 2 is 2.06 bits per heavy atom. The molecule has 0 radical (unpaired) electrons. The van der Waals surface area contributed by atoms with Crippen LogP contribution in [-0.2, 0) is 16.1 Å². The highest BCUT2D eigenvalue weighted by molar-refractivity contribution is 8.00. The van der Waals surface area contributed by atoms with Crippen LogP contribution in [0.3, 0.4) is 0 Å².